The van der Waals surface area contributed by atoms with Crippen LogP contribution >= 0.6 is 0 Å². The molecular weight excluding hydrogens is 184 g/mol. The van der Waals surface area contributed by atoms with E-state index in [2.05, 4.69) is 44.7 Å². The van der Waals surface area contributed by atoms with E-state index in [1.54, 1.807) is 0 Å². The van der Waals surface area contributed by atoms with Crippen molar-refractivity contribution in [1.82, 2.24) is 9.80 Å². The summed E-state index contributed by atoms with van der Waals surface area (Å²) in [5.41, 5.74) is 0. The molecule has 2 heteroatoms. The summed E-state index contributed by atoms with van der Waals surface area (Å²) in [4.78, 5) is 4.66. The lowest BCUT2D eigenvalue weighted by Crippen LogP contribution is -2.42. The summed E-state index contributed by atoms with van der Waals surface area (Å²) in [5, 5.41) is 0. The van der Waals surface area contributed by atoms with Gasteiger partial charge in [0.05, 0.1) is 0 Å². The van der Waals surface area contributed by atoms with Crippen molar-refractivity contribution in [3.8, 4) is 0 Å². The van der Waals surface area contributed by atoms with Crippen LogP contribution in [0.3, 0.4) is 0 Å². The van der Waals surface area contributed by atoms with Crippen LogP contribution in [-0.2, 0) is 0 Å². The molecule has 0 radical (unpaired) electrons. The standard InChI is InChI=1S/C6H13N.C4H9N.C3H8/c1-3-6-4-7(2)5-6;1-5-3-2-4-5;1-3-2/h6H,3-5H2,1-2H3;2-4H2,1H3;3H2,1-2H3. The van der Waals surface area contributed by atoms with Gasteiger partial charge in [-0.1, -0.05) is 33.6 Å². The van der Waals surface area contributed by atoms with Crippen LogP contribution in [0.5, 0.6) is 0 Å². The van der Waals surface area contributed by atoms with Gasteiger partial charge >= 0.3 is 0 Å². The van der Waals surface area contributed by atoms with Gasteiger partial charge in [0, 0.05) is 13.1 Å². The molecule has 0 N–H and O–H groups in total. The maximum atomic E-state index is 2.36. The summed E-state index contributed by atoms with van der Waals surface area (Å²) in [6.45, 7) is 11.8. The van der Waals surface area contributed by atoms with E-state index < -0.39 is 0 Å². The second-order valence-electron chi connectivity index (χ2n) is 4.86. The van der Waals surface area contributed by atoms with E-state index in [-0.39, 0.29) is 0 Å². The normalized spacial score (nSPS) is 21.4. The Morgan fingerprint density at radius 3 is 1.40 bits per heavy atom. The molecule has 0 aliphatic carbocycles. The summed E-state index contributed by atoms with van der Waals surface area (Å²) >= 11 is 0. The summed E-state index contributed by atoms with van der Waals surface area (Å²) in [6.07, 6.45) is 4.03. The Labute approximate surface area is 96.6 Å². The zero-order valence-corrected chi connectivity index (χ0v) is 11.4. The van der Waals surface area contributed by atoms with Crippen LogP contribution in [0.4, 0.5) is 0 Å². The van der Waals surface area contributed by atoms with Crippen molar-refractivity contribution in [1.29, 1.82) is 0 Å². The molecule has 0 aromatic carbocycles. The van der Waals surface area contributed by atoms with E-state index in [9.17, 15) is 0 Å². The fourth-order valence-corrected chi connectivity index (χ4v) is 1.56. The molecule has 0 atom stereocenters. The largest absolute Gasteiger partial charge is 0.306 e. The van der Waals surface area contributed by atoms with E-state index in [0.717, 1.165) is 5.92 Å². The lowest BCUT2D eigenvalue weighted by molar-refractivity contribution is 0.131. The molecule has 0 unspecified atom stereocenters. The molecule has 0 amide bonds. The molecular formula is C13H30N2. The maximum absolute atomic E-state index is 2.36. The third kappa shape index (κ3) is 7.80. The minimum Gasteiger partial charge on any atom is -0.306 e. The lowest BCUT2D eigenvalue weighted by Gasteiger charge is -2.35. The van der Waals surface area contributed by atoms with Crippen molar-refractivity contribution in [2.45, 2.75) is 40.0 Å². The van der Waals surface area contributed by atoms with Crippen LogP contribution in [0.15, 0.2) is 0 Å². The van der Waals surface area contributed by atoms with Gasteiger partial charge in [0.1, 0.15) is 0 Å². The quantitative estimate of drug-likeness (QED) is 0.662. The van der Waals surface area contributed by atoms with Gasteiger partial charge in [-0.3, -0.25) is 0 Å². The molecule has 92 valence electrons. The fourth-order valence-electron chi connectivity index (χ4n) is 1.56. The molecule has 0 aromatic heterocycles. The second-order valence-corrected chi connectivity index (χ2v) is 4.86. The molecule has 2 nitrogen and oxygen atoms in total. The zero-order valence-electron chi connectivity index (χ0n) is 11.4. The van der Waals surface area contributed by atoms with E-state index >= 15 is 0 Å². The van der Waals surface area contributed by atoms with Crippen molar-refractivity contribution >= 4 is 0 Å². The number of rotatable bonds is 1. The molecule has 2 heterocycles. The van der Waals surface area contributed by atoms with Gasteiger partial charge in [-0.15, -0.1) is 0 Å². The van der Waals surface area contributed by atoms with Gasteiger partial charge < -0.3 is 9.80 Å². The molecule has 0 aromatic rings. The Hall–Kier alpha value is -0.0800. The molecule has 0 spiro atoms. The van der Waals surface area contributed by atoms with Gasteiger partial charge in [0.25, 0.3) is 0 Å². The molecule has 2 aliphatic rings. The fraction of sp³-hybridized carbons (Fsp3) is 1.00. The van der Waals surface area contributed by atoms with Crippen molar-refractivity contribution in [3.05, 3.63) is 0 Å². The molecule has 2 aliphatic heterocycles. The molecule has 0 bridgehead atoms. The first-order chi connectivity index (χ1) is 7.13. The Morgan fingerprint density at radius 2 is 1.33 bits per heavy atom. The molecule has 2 fully saturated rings. The van der Waals surface area contributed by atoms with E-state index in [0.29, 0.717) is 0 Å². The van der Waals surface area contributed by atoms with Crippen LogP contribution in [0.1, 0.15) is 40.0 Å². The molecule has 15 heavy (non-hydrogen) atoms. The van der Waals surface area contributed by atoms with Crippen molar-refractivity contribution in [3.63, 3.8) is 0 Å². The van der Waals surface area contributed by atoms with Crippen molar-refractivity contribution in [2.75, 3.05) is 40.3 Å². The summed E-state index contributed by atoms with van der Waals surface area (Å²) in [6, 6.07) is 0. The third-order valence-electron chi connectivity index (χ3n) is 2.80. The topological polar surface area (TPSA) is 6.48 Å². The SMILES string of the molecule is CCC.CCC1CN(C)C1.CN1CCC1. The number of nitrogens with zero attached hydrogens (tertiary/aromatic N) is 2. The van der Waals surface area contributed by atoms with Crippen LogP contribution in [0.25, 0.3) is 0 Å². The first-order valence-corrected chi connectivity index (χ1v) is 6.51. The van der Waals surface area contributed by atoms with Crippen LogP contribution in [0, 0.1) is 5.92 Å². The average molecular weight is 214 g/mol. The summed E-state index contributed by atoms with van der Waals surface area (Å²) < 4.78 is 0. The van der Waals surface area contributed by atoms with E-state index in [1.165, 1.54) is 45.4 Å². The Bertz CT molecular complexity index is 126. The highest BCUT2D eigenvalue weighted by Crippen LogP contribution is 2.14. The Balaban J connectivity index is 0.000000216. The summed E-state index contributed by atoms with van der Waals surface area (Å²) in [5.74, 6) is 1.02. The van der Waals surface area contributed by atoms with Gasteiger partial charge in [0.2, 0.25) is 0 Å². The van der Waals surface area contributed by atoms with Crippen LogP contribution in [0.2, 0.25) is 0 Å². The van der Waals surface area contributed by atoms with Crippen LogP contribution < -0.4 is 0 Å². The maximum Gasteiger partial charge on any atom is 0.00189 e. The average Bonchev–Trinajstić information content (AvgIpc) is 2.12. The zero-order chi connectivity index (χ0) is 11.7. The summed E-state index contributed by atoms with van der Waals surface area (Å²) in [7, 11) is 4.32. The Kier molecular flexibility index (Phi) is 9.12. The number of likely N-dealkylation sites (tertiary alicyclic amines) is 2. The Morgan fingerprint density at radius 1 is 0.933 bits per heavy atom. The highest BCUT2D eigenvalue weighted by atomic mass is 15.2. The van der Waals surface area contributed by atoms with Crippen molar-refractivity contribution < 1.29 is 0 Å². The van der Waals surface area contributed by atoms with Crippen molar-refractivity contribution in [2.24, 2.45) is 5.92 Å². The number of hydrogen-bond acceptors (Lipinski definition) is 2. The molecule has 2 saturated heterocycles. The highest BCUT2D eigenvalue weighted by Gasteiger charge is 2.19. The van der Waals surface area contributed by atoms with Crippen LogP contribution in [-0.4, -0.2) is 50.1 Å². The van der Waals surface area contributed by atoms with Gasteiger partial charge in [-0.2, -0.15) is 0 Å². The predicted octanol–water partition coefficient (Wildman–Crippen LogP) is 2.70. The van der Waals surface area contributed by atoms with Gasteiger partial charge in [0.15, 0.2) is 0 Å². The van der Waals surface area contributed by atoms with Gasteiger partial charge in [-0.25, -0.2) is 0 Å². The molecule has 2 rings (SSSR count). The highest BCUT2D eigenvalue weighted by molar-refractivity contribution is 4.74. The minimum atomic E-state index is 1.02. The monoisotopic (exact) mass is 214 g/mol. The first kappa shape index (κ1) is 14.9. The molecule has 0 saturated carbocycles. The first-order valence-electron chi connectivity index (χ1n) is 6.51. The van der Waals surface area contributed by atoms with E-state index in [1.807, 2.05) is 0 Å². The van der Waals surface area contributed by atoms with Gasteiger partial charge in [-0.05, 0) is 39.5 Å². The lowest BCUT2D eigenvalue weighted by atomic mass is 9.99. The third-order valence-corrected chi connectivity index (χ3v) is 2.80. The predicted molar refractivity (Wildman–Crippen MR) is 69.4 cm³/mol. The second kappa shape index (κ2) is 9.17. The number of hydrogen-bond donors (Lipinski definition) is 0. The van der Waals surface area contributed by atoms with E-state index in [4.69, 9.17) is 0 Å². The minimum absolute atomic E-state index is 1.02. The smallest absolute Gasteiger partial charge is 0.00189 e.